The van der Waals surface area contributed by atoms with Crippen molar-refractivity contribution < 1.29 is 9.84 Å². The summed E-state index contributed by atoms with van der Waals surface area (Å²) in [6.45, 7) is 1.92. The Hall–Kier alpha value is -1.20. The molecule has 1 saturated carbocycles. The zero-order valence-corrected chi connectivity index (χ0v) is 12.6. The van der Waals surface area contributed by atoms with Crippen molar-refractivity contribution in [3.05, 3.63) is 17.6 Å². The second kappa shape index (κ2) is 4.92. The van der Waals surface area contributed by atoms with Gasteiger partial charge in [0.05, 0.1) is 12.2 Å². The average molecular weight is 289 g/mol. The van der Waals surface area contributed by atoms with Gasteiger partial charge >= 0.3 is 0 Å². The van der Waals surface area contributed by atoms with Gasteiger partial charge in [0, 0.05) is 43.3 Å². The Labute approximate surface area is 125 Å². The number of anilines is 1. The lowest BCUT2D eigenvalue weighted by atomic mass is 9.58. The van der Waals surface area contributed by atoms with E-state index in [0.29, 0.717) is 0 Å². The van der Waals surface area contributed by atoms with E-state index in [1.54, 1.807) is 13.4 Å². The highest BCUT2D eigenvalue weighted by molar-refractivity contribution is 5.51. The Morgan fingerprint density at radius 1 is 1.29 bits per heavy atom. The minimum Gasteiger partial charge on any atom is -0.392 e. The number of aliphatic hydroxyl groups excluding tert-OH is 1. The summed E-state index contributed by atoms with van der Waals surface area (Å²) in [4.78, 5) is 11.3. The van der Waals surface area contributed by atoms with Crippen molar-refractivity contribution in [2.45, 2.75) is 50.7 Å². The first-order valence-electron chi connectivity index (χ1n) is 8.03. The molecule has 1 aromatic heterocycles. The fourth-order valence-corrected chi connectivity index (χ4v) is 4.46. The molecule has 0 unspecified atom stereocenters. The predicted molar refractivity (Wildman–Crippen MR) is 79.4 cm³/mol. The molecule has 2 atom stereocenters. The third-order valence-corrected chi connectivity index (χ3v) is 5.87. The van der Waals surface area contributed by atoms with Gasteiger partial charge in [0.25, 0.3) is 0 Å². The molecule has 5 heteroatoms. The normalized spacial score (nSPS) is 30.3. The predicted octanol–water partition coefficient (Wildman–Crippen LogP) is 1.33. The number of hydrogen-bond donors (Lipinski definition) is 1. The molecule has 1 N–H and O–H groups in total. The fraction of sp³-hybridized carbons (Fsp3) is 0.750. The number of methoxy groups -OCH3 is 1. The van der Waals surface area contributed by atoms with E-state index in [1.807, 2.05) is 0 Å². The first kappa shape index (κ1) is 13.5. The van der Waals surface area contributed by atoms with Crippen molar-refractivity contribution in [1.82, 2.24) is 9.97 Å². The van der Waals surface area contributed by atoms with Gasteiger partial charge in [-0.15, -0.1) is 0 Å². The standard InChI is InChI=1S/C16H23N3O2/c1-21-14-9-13(20)16(14)5-7-19(8-6-16)15-11-3-2-4-12(11)17-10-18-15/h10,13-14,20H,2-9H2,1H3/t13-,14+/m0/s1. The molecule has 3 aliphatic rings. The number of nitrogens with zero attached hydrogens (tertiary/aromatic N) is 3. The van der Waals surface area contributed by atoms with E-state index in [1.165, 1.54) is 17.7 Å². The lowest BCUT2D eigenvalue weighted by Crippen LogP contribution is -2.62. The van der Waals surface area contributed by atoms with E-state index in [0.717, 1.165) is 51.0 Å². The molecule has 21 heavy (non-hydrogen) atoms. The topological polar surface area (TPSA) is 58.5 Å². The van der Waals surface area contributed by atoms with Gasteiger partial charge in [-0.2, -0.15) is 0 Å². The first-order valence-corrected chi connectivity index (χ1v) is 8.03. The molecule has 5 nitrogen and oxygen atoms in total. The van der Waals surface area contributed by atoms with E-state index in [-0.39, 0.29) is 17.6 Å². The summed E-state index contributed by atoms with van der Waals surface area (Å²) in [6, 6.07) is 0. The Balaban J connectivity index is 1.52. The van der Waals surface area contributed by atoms with Crippen LogP contribution in [0.2, 0.25) is 0 Å². The van der Waals surface area contributed by atoms with Crippen LogP contribution >= 0.6 is 0 Å². The second-order valence-corrected chi connectivity index (χ2v) is 6.67. The van der Waals surface area contributed by atoms with Gasteiger partial charge in [0.2, 0.25) is 0 Å². The van der Waals surface area contributed by atoms with Gasteiger partial charge in [-0.3, -0.25) is 0 Å². The monoisotopic (exact) mass is 289 g/mol. The number of ether oxygens (including phenoxy) is 1. The number of hydrogen-bond acceptors (Lipinski definition) is 5. The van der Waals surface area contributed by atoms with Crippen LogP contribution in [-0.4, -0.2) is 47.5 Å². The minimum absolute atomic E-state index is 0.0124. The van der Waals surface area contributed by atoms with Gasteiger partial charge in [0.1, 0.15) is 12.1 Å². The van der Waals surface area contributed by atoms with Crippen molar-refractivity contribution >= 4 is 5.82 Å². The molecular weight excluding hydrogens is 266 g/mol. The summed E-state index contributed by atoms with van der Waals surface area (Å²) in [5.41, 5.74) is 2.58. The number of aliphatic hydroxyl groups is 1. The number of fused-ring (bicyclic) bond motifs is 1. The molecule has 2 heterocycles. The van der Waals surface area contributed by atoms with E-state index in [2.05, 4.69) is 14.9 Å². The van der Waals surface area contributed by atoms with Crippen molar-refractivity contribution in [3.8, 4) is 0 Å². The van der Waals surface area contributed by atoms with Crippen LogP contribution in [0.5, 0.6) is 0 Å². The maximum absolute atomic E-state index is 10.2. The van der Waals surface area contributed by atoms with E-state index in [9.17, 15) is 5.11 Å². The molecule has 0 amide bonds. The van der Waals surface area contributed by atoms with E-state index >= 15 is 0 Å². The Bertz CT molecular complexity index is 540. The molecule has 114 valence electrons. The first-order chi connectivity index (χ1) is 10.2. The highest BCUT2D eigenvalue weighted by Gasteiger charge is 2.55. The molecule has 4 rings (SSSR count). The van der Waals surface area contributed by atoms with E-state index in [4.69, 9.17) is 4.74 Å². The third-order valence-electron chi connectivity index (χ3n) is 5.87. The Morgan fingerprint density at radius 2 is 2.10 bits per heavy atom. The van der Waals surface area contributed by atoms with E-state index < -0.39 is 0 Å². The lowest BCUT2D eigenvalue weighted by Gasteiger charge is -2.56. The molecular formula is C16H23N3O2. The SMILES string of the molecule is CO[C@@H]1C[C@H](O)C12CCN(c1ncnc3c1CCC3)CC2. The third kappa shape index (κ3) is 1.90. The summed E-state index contributed by atoms with van der Waals surface area (Å²) >= 11 is 0. The lowest BCUT2D eigenvalue weighted by molar-refractivity contribution is -0.190. The molecule has 1 aromatic rings. The van der Waals surface area contributed by atoms with Crippen LogP contribution in [0.15, 0.2) is 6.33 Å². The highest BCUT2D eigenvalue weighted by atomic mass is 16.5. The van der Waals surface area contributed by atoms with Crippen molar-refractivity contribution in [3.63, 3.8) is 0 Å². The number of aryl methyl sites for hydroxylation is 1. The van der Waals surface area contributed by atoms with Crippen LogP contribution in [0.1, 0.15) is 36.9 Å². The molecule has 1 saturated heterocycles. The van der Waals surface area contributed by atoms with Crippen LogP contribution in [0.25, 0.3) is 0 Å². The highest BCUT2D eigenvalue weighted by Crippen LogP contribution is 2.51. The molecule has 1 spiro atoms. The summed E-state index contributed by atoms with van der Waals surface area (Å²) in [6.07, 6.45) is 7.91. The zero-order valence-electron chi connectivity index (χ0n) is 12.6. The van der Waals surface area contributed by atoms with Crippen LogP contribution in [-0.2, 0) is 17.6 Å². The Kier molecular flexibility index (Phi) is 3.15. The van der Waals surface area contributed by atoms with Gasteiger partial charge in [-0.1, -0.05) is 0 Å². The number of piperidine rings is 1. The number of rotatable bonds is 2. The summed E-state index contributed by atoms with van der Waals surface area (Å²) in [5, 5.41) is 10.2. The summed E-state index contributed by atoms with van der Waals surface area (Å²) < 4.78 is 5.56. The van der Waals surface area contributed by atoms with Gasteiger partial charge in [-0.05, 0) is 32.1 Å². The average Bonchev–Trinajstić information content (AvgIpc) is 3.01. The van der Waals surface area contributed by atoms with Gasteiger partial charge in [-0.25, -0.2) is 9.97 Å². The van der Waals surface area contributed by atoms with Crippen molar-refractivity contribution in [1.29, 1.82) is 0 Å². The smallest absolute Gasteiger partial charge is 0.135 e. The number of aromatic nitrogens is 2. The largest absolute Gasteiger partial charge is 0.392 e. The quantitative estimate of drug-likeness (QED) is 0.890. The molecule has 1 aliphatic heterocycles. The van der Waals surface area contributed by atoms with Crippen molar-refractivity contribution in [2.75, 3.05) is 25.1 Å². The van der Waals surface area contributed by atoms with Gasteiger partial charge in [0.15, 0.2) is 0 Å². The van der Waals surface area contributed by atoms with Crippen molar-refractivity contribution in [2.24, 2.45) is 5.41 Å². The molecule has 2 fully saturated rings. The van der Waals surface area contributed by atoms with Crippen LogP contribution in [0.3, 0.4) is 0 Å². The maximum atomic E-state index is 10.2. The second-order valence-electron chi connectivity index (χ2n) is 6.67. The van der Waals surface area contributed by atoms with Crippen LogP contribution in [0.4, 0.5) is 5.82 Å². The summed E-state index contributed by atoms with van der Waals surface area (Å²) in [7, 11) is 1.77. The van der Waals surface area contributed by atoms with Crippen LogP contribution in [0, 0.1) is 5.41 Å². The Morgan fingerprint density at radius 3 is 2.81 bits per heavy atom. The fourth-order valence-electron chi connectivity index (χ4n) is 4.46. The zero-order chi connectivity index (χ0) is 14.4. The summed E-state index contributed by atoms with van der Waals surface area (Å²) in [5.74, 6) is 1.13. The molecule has 0 aromatic carbocycles. The van der Waals surface area contributed by atoms with Gasteiger partial charge < -0.3 is 14.7 Å². The molecule has 0 radical (unpaired) electrons. The van der Waals surface area contributed by atoms with Crippen LogP contribution < -0.4 is 4.90 Å². The maximum Gasteiger partial charge on any atom is 0.135 e. The molecule has 0 bridgehead atoms. The minimum atomic E-state index is -0.194. The molecule has 2 aliphatic carbocycles.